The molecule has 1 aliphatic rings. The van der Waals surface area contributed by atoms with Crippen LogP contribution in [-0.4, -0.2) is 34.8 Å². The largest absolute Gasteiger partial charge is 0.466 e. The molecule has 0 N–H and O–H groups in total. The summed E-state index contributed by atoms with van der Waals surface area (Å²) in [5.41, 5.74) is 1.69. The first-order chi connectivity index (χ1) is 13.1. The zero-order chi connectivity index (χ0) is 19.2. The van der Waals surface area contributed by atoms with Crippen molar-refractivity contribution in [3.05, 3.63) is 52.7 Å². The normalized spacial score (nSPS) is 14.7. The number of rotatable bonds is 6. The topological polar surface area (TPSA) is 80.3 Å². The molecule has 1 aliphatic heterocycles. The van der Waals surface area contributed by atoms with Crippen molar-refractivity contribution >= 4 is 11.7 Å². The lowest BCUT2D eigenvalue weighted by Gasteiger charge is -2.33. The Kier molecular flexibility index (Phi) is 5.97. The molecule has 2 heterocycles. The van der Waals surface area contributed by atoms with E-state index in [2.05, 4.69) is 11.0 Å². The van der Waals surface area contributed by atoms with Gasteiger partial charge in [0, 0.05) is 43.8 Å². The highest BCUT2D eigenvalue weighted by Gasteiger charge is 2.22. The lowest BCUT2D eigenvalue weighted by atomic mass is 10.0. The van der Waals surface area contributed by atoms with Crippen LogP contribution < -0.4 is 10.6 Å². The van der Waals surface area contributed by atoms with Crippen LogP contribution in [0.1, 0.15) is 37.8 Å². The SMILES string of the molecule is CCOC(=O)CCn1ccn(C2CCN(c3ccc(C#N)cc3)CC2)c1=O. The average molecular weight is 368 g/mol. The Balaban J connectivity index is 1.58. The Hall–Kier alpha value is -3.01. The van der Waals surface area contributed by atoms with E-state index < -0.39 is 0 Å². The number of anilines is 1. The summed E-state index contributed by atoms with van der Waals surface area (Å²) in [6.45, 7) is 4.18. The molecule has 0 unspecified atom stereocenters. The molecule has 27 heavy (non-hydrogen) atoms. The molecule has 0 atom stereocenters. The number of hydrogen-bond donors (Lipinski definition) is 0. The van der Waals surface area contributed by atoms with Gasteiger partial charge in [0.05, 0.1) is 24.7 Å². The van der Waals surface area contributed by atoms with Crippen molar-refractivity contribution < 1.29 is 9.53 Å². The number of esters is 1. The standard InChI is InChI=1S/C20H24N4O3/c1-2-27-19(25)9-12-23-13-14-24(20(23)26)18-7-10-22(11-8-18)17-5-3-16(15-21)4-6-17/h3-6,13-14,18H,2,7-12H2,1H3. The zero-order valence-corrected chi connectivity index (χ0v) is 15.5. The zero-order valence-electron chi connectivity index (χ0n) is 15.5. The first-order valence-corrected chi connectivity index (χ1v) is 9.30. The van der Waals surface area contributed by atoms with Crippen LogP contribution in [-0.2, 0) is 16.1 Å². The fourth-order valence-corrected chi connectivity index (χ4v) is 3.47. The minimum atomic E-state index is -0.284. The summed E-state index contributed by atoms with van der Waals surface area (Å²) < 4.78 is 8.26. The van der Waals surface area contributed by atoms with Crippen LogP contribution in [0, 0.1) is 11.3 Å². The summed E-state index contributed by atoms with van der Waals surface area (Å²) in [4.78, 5) is 26.3. The summed E-state index contributed by atoms with van der Waals surface area (Å²) >= 11 is 0. The number of carbonyl (C=O) groups is 1. The molecule has 0 aliphatic carbocycles. The molecule has 1 saturated heterocycles. The van der Waals surface area contributed by atoms with Gasteiger partial charge in [0.2, 0.25) is 0 Å². The van der Waals surface area contributed by atoms with Crippen molar-refractivity contribution in [1.29, 1.82) is 5.26 Å². The summed E-state index contributed by atoms with van der Waals surface area (Å²) in [6, 6.07) is 9.89. The first-order valence-electron chi connectivity index (χ1n) is 9.30. The highest BCUT2D eigenvalue weighted by molar-refractivity contribution is 5.69. The van der Waals surface area contributed by atoms with Gasteiger partial charge in [0.25, 0.3) is 0 Å². The van der Waals surface area contributed by atoms with E-state index in [9.17, 15) is 9.59 Å². The fourth-order valence-electron chi connectivity index (χ4n) is 3.47. The lowest BCUT2D eigenvalue weighted by molar-refractivity contribution is -0.143. The third-order valence-corrected chi connectivity index (χ3v) is 4.96. The summed E-state index contributed by atoms with van der Waals surface area (Å²) in [7, 11) is 0. The minimum absolute atomic E-state index is 0.0730. The molecule has 3 rings (SSSR count). The number of nitrogens with zero attached hydrogens (tertiary/aromatic N) is 4. The van der Waals surface area contributed by atoms with E-state index in [0.29, 0.717) is 18.7 Å². The summed E-state index contributed by atoms with van der Waals surface area (Å²) in [5.74, 6) is -0.284. The average Bonchev–Trinajstić information content (AvgIpc) is 3.07. The number of nitriles is 1. The minimum Gasteiger partial charge on any atom is -0.466 e. The summed E-state index contributed by atoms with van der Waals surface area (Å²) in [5, 5.41) is 8.90. The molecule has 142 valence electrons. The predicted octanol–water partition coefficient (Wildman–Crippen LogP) is 2.32. The molecular weight excluding hydrogens is 344 g/mol. The van der Waals surface area contributed by atoms with E-state index in [-0.39, 0.29) is 24.1 Å². The van der Waals surface area contributed by atoms with Crippen molar-refractivity contribution in [3.8, 4) is 6.07 Å². The highest BCUT2D eigenvalue weighted by Crippen LogP contribution is 2.25. The number of piperidine rings is 1. The molecule has 2 aromatic rings. The van der Waals surface area contributed by atoms with Crippen LogP contribution in [0.15, 0.2) is 41.5 Å². The van der Waals surface area contributed by atoms with Gasteiger partial charge in [-0.3, -0.25) is 13.9 Å². The molecule has 7 heteroatoms. The molecule has 0 radical (unpaired) electrons. The maximum atomic E-state index is 12.6. The van der Waals surface area contributed by atoms with Gasteiger partial charge in [-0.1, -0.05) is 0 Å². The number of ether oxygens (including phenoxy) is 1. The Morgan fingerprint density at radius 2 is 1.93 bits per heavy atom. The van der Waals surface area contributed by atoms with Crippen LogP contribution in [0.5, 0.6) is 0 Å². The number of hydrogen-bond acceptors (Lipinski definition) is 5. The van der Waals surface area contributed by atoms with Crippen molar-refractivity contribution in [2.45, 2.75) is 38.8 Å². The molecule has 1 fully saturated rings. The van der Waals surface area contributed by atoms with E-state index in [1.807, 2.05) is 30.5 Å². The number of benzene rings is 1. The van der Waals surface area contributed by atoms with Gasteiger partial charge in [-0.25, -0.2) is 4.79 Å². The van der Waals surface area contributed by atoms with Gasteiger partial charge >= 0.3 is 11.7 Å². The van der Waals surface area contributed by atoms with Crippen molar-refractivity contribution in [2.24, 2.45) is 0 Å². The Labute approximate surface area is 158 Å². The molecule has 7 nitrogen and oxygen atoms in total. The van der Waals surface area contributed by atoms with E-state index in [1.165, 1.54) is 0 Å². The van der Waals surface area contributed by atoms with Gasteiger partial charge in [-0.2, -0.15) is 5.26 Å². The third-order valence-electron chi connectivity index (χ3n) is 4.96. The maximum Gasteiger partial charge on any atom is 0.328 e. The Bertz CT molecular complexity index is 868. The van der Waals surface area contributed by atoms with Gasteiger partial charge < -0.3 is 9.64 Å². The van der Waals surface area contributed by atoms with Gasteiger partial charge in [-0.05, 0) is 44.0 Å². The molecule has 1 aromatic heterocycles. The smallest absolute Gasteiger partial charge is 0.328 e. The number of aryl methyl sites for hydroxylation is 1. The highest BCUT2D eigenvalue weighted by atomic mass is 16.5. The molecular formula is C20H24N4O3. The van der Waals surface area contributed by atoms with E-state index in [0.717, 1.165) is 31.6 Å². The molecule has 1 aromatic carbocycles. The quantitative estimate of drug-likeness (QED) is 0.731. The summed E-state index contributed by atoms with van der Waals surface area (Å²) in [6.07, 6.45) is 5.52. The monoisotopic (exact) mass is 368 g/mol. The molecule has 0 amide bonds. The Morgan fingerprint density at radius 3 is 2.56 bits per heavy atom. The van der Waals surface area contributed by atoms with E-state index >= 15 is 0 Å². The molecule has 0 bridgehead atoms. The predicted molar refractivity (Wildman–Crippen MR) is 102 cm³/mol. The van der Waals surface area contributed by atoms with Gasteiger partial charge in [0.15, 0.2) is 0 Å². The van der Waals surface area contributed by atoms with Crippen molar-refractivity contribution in [2.75, 3.05) is 24.6 Å². The Morgan fingerprint density at radius 1 is 1.22 bits per heavy atom. The van der Waals surface area contributed by atoms with Crippen molar-refractivity contribution in [3.63, 3.8) is 0 Å². The van der Waals surface area contributed by atoms with Crippen LogP contribution >= 0.6 is 0 Å². The van der Waals surface area contributed by atoms with Crippen LogP contribution in [0.25, 0.3) is 0 Å². The molecule has 0 saturated carbocycles. The van der Waals surface area contributed by atoms with Gasteiger partial charge in [0.1, 0.15) is 0 Å². The lowest BCUT2D eigenvalue weighted by Crippen LogP contribution is -2.37. The third kappa shape index (κ3) is 4.40. The first kappa shape index (κ1) is 18.8. The second-order valence-electron chi connectivity index (χ2n) is 6.61. The fraction of sp³-hybridized carbons (Fsp3) is 0.450. The van der Waals surface area contributed by atoms with E-state index in [4.69, 9.17) is 10.00 Å². The van der Waals surface area contributed by atoms with Gasteiger partial charge in [-0.15, -0.1) is 0 Å². The molecule has 0 spiro atoms. The van der Waals surface area contributed by atoms with Crippen LogP contribution in [0.4, 0.5) is 5.69 Å². The maximum absolute atomic E-state index is 12.6. The van der Waals surface area contributed by atoms with Crippen LogP contribution in [0.2, 0.25) is 0 Å². The van der Waals surface area contributed by atoms with Crippen LogP contribution in [0.3, 0.4) is 0 Å². The second kappa shape index (κ2) is 8.58. The number of imidazole rings is 1. The second-order valence-corrected chi connectivity index (χ2v) is 6.61. The van der Waals surface area contributed by atoms with E-state index in [1.54, 1.807) is 22.3 Å². The number of carbonyl (C=O) groups excluding carboxylic acids is 1. The van der Waals surface area contributed by atoms with Crippen molar-refractivity contribution in [1.82, 2.24) is 9.13 Å². The number of aromatic nitrogens is 2.